The van der Waals surface area contributed by atoms with Gasteiger partial charge in [0.2, 0.25) is 0 Å². The molecule has 1 amide bonds. The second kappa shape index (κ2) is 5.74. The Bertz CT molecular complexity index is 531. The van der Waals surface area contributed by atoms with E-state index in [2.05, 4.69) is 5.32 Å². The van der Waals surface area contributed by atoms with Crippen LogP contribution in [-0.4, -0.2) is 11.8 Å². The molecule has 2 rings (SSSR count). The van der Waals surface area contributed by atoms with Gasteiger partial charge in [-0.2, -0.15) is 0 Å². The van der Waals surface area contributed by atoms with Crippen LogP contribution < -0.4 is 5.32 Å². The zero-order chi connectivity index (χ0) is 13.0. The highest BCUT2D eigenvalue weighted by molar-refractivity contribution is 6.18. The molecule has 0 saturated carbocycles. The van der Waals surface area contributed by atoms with E-state index in [1.807, 2.05) is 31.2 Å². The number of carbonyl (C=O) groups is 1. The van der Waals surface area contributed by atoms with E-state index in [9.17, 15) is 4.79 Å². The molecule has 0 atom stereocenters. The highest BCUT2D eigenvalue weighted by Gasteiger charge is 2.12. The maximum absolute atomic E-state index is 11.9. The van der Waals surface area contributed by atoms with Gasteiger partial charge >= 0.3 is 0 Å². The van der Waals surface area contributed by atoms with Gasteiger partial charge in [0.05, 0.1) is 6.26 Å². The van der Waals surface area contributed by atoms with Crippen molar-refractivity contribution in [3.63, 3.8) is 0 Å². The summed E-state index contributed by atoms with van der Waals surface area (Å²) in [5, 5.41) is 2.79. The van der Waals surface area contributed by atoms with Gasteiger partial charge in [-0.1, -0.05) is 12.1 Å². The SMILES string of the molecule is Cc1ccoc1C(=O)Nc1ccc(CCCl)cc1. The molecule has 0 bridgehead atoms. The Morgan fingerprint density at radius 2 is 2.00 bits per heavy atom. The van der Waals surface area contributed by atoms with Crippen LogP contribution in [0.25, 0.3) is 0 Å². The molecule has 1 heterocycles. The molecule has 0 fully saturated rings. The second-order valence-corrected chi connectivity index (χ2v) is 4.40. The lowest BCUT2D eigenvalue weighted by Crippen LogP contribution is -2.12. The molecule has 4 heteroatoms. The number of nitrogens with one attached hydrogen (secondary N) is 1. The number of hydrogen-bond acceptors (Lipinski definition) is 2. The first kappa shape index (κ1) is 12.7. The molecule has 1 N–H and O–H groups in total. The average Bonchev–Trinajstić information content (AvgIpc) is 2.78. The second-order valence-electron chi connectivity index (χ2n) is 4.02. The fourth-order valence-electron chi connectivity index (χ4n) is 1.66. The van der Waals surface area contributed by atoms with E-state index >= 15 is 0 Å². The molecule has 0 saturated heterocycles. The van der Waals surface area contributed by atoms with E-state index < -0.39 is 0 Å². The zero-order valence-electron chi connectivity index (χ0n) is 10.1. The summed E-state index contributed by atoms with van der Waals surface area (Å²) < 4.78 is 5.13. The van der Waals surface area contributed by atoms with Crippen LogP contribution >= 0.6 is 11.6 Å². The van der Waals surface area contributed by atoms with Gasteiger partial charge in [-0.25, -0.2) is 0 Å². The Balaban J connectivity index is 2.05. The number of benzene rings is 1. The minimum atomic E-state index is -0.234. The molecule has 0 aliphatic heterocycles. The van der Waals surface area contributed by atoms with E-state index in [-0.39, 0.29) is 5.91 Å². The van der Waals surface area contributed by atoms with Gasteiger partial charge in [0, 0.05) is 17.1 Å². The van der Waals surface area contributed by atoms with E-state index in [1.54, 1.807) is 6.07 Å². The van der Waals surface area contributed by atoms with E-state index in [0.29, 0.717) is 11.6 Å². The van der Waals surface area contributed by atoms with Crippen molar-refractivity contribution in [2.24, 2.45) is 0 Å². The minimum absolute atomic E-state index is 0.234. The van der Waals surface area contributed by atoms with E-state index in [4.69, 9.17) is 16.0 Å². The van der Waals surface area contributed by atoms with Crippen LogP contribution in [0.2, 0.25) is 0 Å². The number of hydrogen-bond donors (Lipinski definition) is 1. The van der Waals surface area contributed by atoms with Crippen molar-refractivity contribution >= 4 is 23.2 Å². The van der Waals surface area contributed by atoms with Gasteiger partial charge in [-0.05, 0) is 37.1 Å². The molecule has 1 aromatic heterocycles. The first-order valence-electron chi connectivity index (χ1n) is 5.71. The number of halogens is 1. The molecular weight excluding hydrogens is 250 g/mol. The van der Waals surface area contributed by atoms with Crippen LogP contribution in [-0.2, 0) is 6.42 Å². The molecular formula is C14H14ClNO2. The largest absolute Gasteiger partial charge is 0.459 e. The molecule has 1 aromatic carbocycles. The maximum atomic E-state index is 11.9. The Labute approximate surface area is 111 Å². The average molecular weight is 264 g/mol. The third-order valence-corrected chi connectivity index (χ3v) is 2.85. The molecule has 3 nitrogen and oxygen atoms in total. The summed E-state index contributed by atoms with van der Waals surface area (Å²) in [5.74, 6) is 0.708. The van der Waals surface area contributed by atoms with E-state index in [1.165, 1.54) is 6.26 Å². The Morgan fingerprint density at radius 3 is 2.56 bits per heavy atom. The monoisotopic (exact) mass is 263 g/mol. The maximum Gasteiger partial charge on any atom is 0.291 e. The van der Waals surface area contributed by atoms with Crippen LogP contribution in [0.5, 0.6) is 0 Å². The first-order valence-corrected chi connectivity index (χ1v) is 6.24. The number of furan rings is 1. The van der Waals surface area contributed by atoms with Crippen molar-refractivity contribution in [2.45, 2.75) is 13.3 Å². The van der Waals surface area contributed by atoms with Gasteiger partial charge in [-0.3, -0.25) is 4.79 Å². The highest BCUT2D eigenvalue weighted by atomic mass is 35.5. The molecule has 94 valence electrons. The predicted octanol–water partition coefficient (Wildman–Crippen LogP) is 3.62. The molecule has 0 unspecified atom stereocenters. The smallest absolute Gasteiger partial charge is 0.291 e. The summed E-state index contributed by atoms with van der Waals surface area (Å²) >= 11 is 5.66. The summed E-state index contributed by atoms with van der Waals surface area (Å²) in [6.07, 6.45) is 2.33. The van der Waals surface area contributed by atoms with Crippen LogP contribution in [0.1, 0.15) is 21.7 Å². The Morgan fingerprint density at radius 1 is 1.28 bits per heavy atom. The van der Waals surface area contributed by atoms with Crippen LogP contribution in [0.15, 0.2) is 41.0 Å². The lowest BCUT2D eigenvalue weighted by atomic mass is 10.1. The summed E-state index contributed by atoms with van der Waals surface area (Å²) in [6, 6.07) is 9.38. The fraction of sp³-hybridized carbons (Fsp3) is 0.214. The number of rotatable bonds is 4. The van der Waals surface area contributed by atoms with Gasteiger partial charge in [0.1, 0.15) is 0 Å². The zero-order valence-corrected chi connectivity index (χ0v) is 10.8. The normalized spacial score (nSPS) is 10.3. The fourth-order valence-corrected chi connectivity index (χ4v) is 1.88. The van der Waals surface area contributed by atoms with Crippen molar-refractivity contribution in [3.05, 3.63) is 53.5 Å². The summed E-state index contributed by atoms with van der Waals surface area (Å²) in [5.41, 5.74) is 2.72. The lowest BCUT2D eigenvalue weighted by Gasteiger charge is -2.05. The molecule has 2 aromatic rings. The lowest BCUT2D eigenvalue weighted by molar-refractivity contribution is 0.0996. The highest BCUT2D eigenvalue weighted by Crippen LogP contribution is 2.14. The number of aryl methyl sites for hydroxylation is 2. The topological polar surface area (TPSA) is 42.2 Å². The number of carbonyl (C=O) groups excluding carboxylic acids is 1. The first-order chi connectivity index (χ1) is 8.70. The van der Waals surface area contributed by atoms with Gasteiger partial charge in [0.15, 0.2) is 5.76 Å². The molecule has 0 aliphatic carbocycles. The standard InChI is InChI=1S/C14H14ClNO2/c1-10-7-9-18-13(10)14(17)16-12-4-2-11(3-5-12)6-8-15/h2-5,7,9H,6,8H2,1H3,(H,16,17). The summed E-state index contributed by atoms with van der Waals surface area (Å²) in [4.78, 5) is 11.9. The minimum Gasteiger partial charge on any atom is -0.459 e. The third-order valence-electron chi connectivity index (χ3n) is 2.66. The van der Waals surface area contributed by atoms with Crippen molar-refractivity contribution in [2.75, 3.05) is 11.2 Å². The third kappa shape index (κ3) is 2.93. The number of alkyl halides is 1. The van der Waals surface area contributed by atoms with Crippen molar-refractivity contribution in [3.8, 4) is 0 Å². The van der Waals surface area contributed by atoms with Gasteiger partial charge in [-0.15, -0.1) is 11.6 Å². The van der Waals surface area contributed by atoms with Crippen LogP contribution in [0.3, 0.4) is 0 Å². The van der Waals surface area contributed by atoms with Crippen molar-refractivity contribution in [1.82, 2.24) is 0 Å². The Hall–Kier alpha value is -1.74. The molecule has 0 radical (unpaired) electrons. The molecule has 0 aliphatic rings. The van der Waals surface area contributed by atoms with E-state index in [0.717, 1.165) is 23.2 Å². The van der Waals surface area contributed by atoms with Crippen molar-refractivity contribution < 1.29 is 9.21 Å². The summed E-state index contributed by atoms with van der Waals surface area (Å²) in [6.45, 7) is 1.84. The van der Waals surface area contributed by atoms with Gasteiger partial charge in [0.25, 0.3) is 5.91 Å². The Kier molecular flexibility index (Phi) is 4.05. The number of amides is 1. The van der Waals surface area contributed by atoms with Crippen LogP contribution in [0.4, 0.5) is 5.69 Å². The molecule has 18 heavy (non-hydrogen) atoms. The number of anilines is 1. The van der Waals surface area contributed by atoms with Crippen molar-refractivity contribution in [1.29, 1.82) is 0 Å². The quantitative estimate of drug-likeness (QED) is 0.856. The van der Waals surface area contributed by atoms with Gasteiger partial charge < -0.3 is 9.73 Å². The summed E-state index contributed by atoms with van der Waals surface area (Å²) in [7, 11) is 0. The molecule has 0 spiro atoms. The predicted molar refractivity (Wildman–Crippen MR) is 72.3 cm³/mol. The van der Waals surface area contributed by atoms with Crippen LogP contribution in [0, 0.1) is 6.92 Å².